The van der Waals surface area contributed by atoms with Crippen molar-refractivity contribution in [2.45, 2.75) is 12.2 Å². The van der Waals surface area contributed by atoms with Crippen molar-refractivity contribution in [3.8, 4) is 0 Å². The summed E-state index contributed by atoms with van der Waals surface area (Å²) in [6.07, 6.45) is -5.28. The van der Waals surface area contributed by atoms with Gasteiger partial charge in [-0.1, -0.05) is 6.07 Å². The highest BCUT2D eigenvalue weighted by molar-refractivity contribution is 5.65. The van der Waals surface area contributed by atoms with Crippen LogP contribution in [0, 0.1) is 0 Å². The molecule has 0 aliphatic carbocycles. The first-order chi connectivity index (χ1) is 6.91. The summed E-state index contributed by atoms with van der Waals surface area (Å²) in [6.45, 7) is 0. The van der Waals surface area contributed by atoms with Gasteiger partial charge in [-0.25, -0.2) is 4.79 Å². The minimum atomic E-state index is -4.70. The average Bonchev–Trinajstić information content (AvgIpc) is 2.14. The number of amides is 1. The number of aromatic nitrogens is 1. The zero-order valence-corrected chi connectivity index (χ0v) is 7.32. The average molecular weight is 220 g/mol. The molecule has 0 aromatic carbocycles. The van der Waals surface area contributed by atoms with Crippen LogP contribution in [0.5, 0.6) is 0 Å². The maximum atomic E-state index is 12.4. The second-order valence-corrected chi connectivity index (χ2v) is 2.68. The largest absolute Gasteiger partial charge is 0.465 e. The fourth-order valence-electron chi connectivity index (χ4n) is 0.994. The monoisotopic (exact) mass is 220 g/mol. The lowest BCUT2D eigenvalue weighted by atomic mass is 10.2. The Morgan fingerprint density at radius 2 is 2.13 bits per heavy atom. The third kappa shape index (κ3) is 3.12. The van der Waals surface area contributed by atoms with Crippen molar-refractivity contribution in [3.05, 3.63) is 30.1 Å². The molecular formula is C8H7F3N2O2. The zero-order chi connectivity index (χ0) is 11.5. The van der Waals surface area contributed by atoms with E-state index in [0.29, 0.717) is 0 Å². The van der Waals surface area contributed by atoms with Crippen LogP contribution in [0.15, 0.2) is 24.4 Å². The molecule has 1 aromatic rings. The first kappa shape index (κ1) is 11.3. The van der Waals surface area contributed by atoms with E-state index in [1.54, 1.807) is 0 Å². The molecule has 7 heteroatoms. The van der Waals surface area contributed by atoms with Gasteiger partial charge in [0.25, 0.3) is 0 Å². The minimum Gasteiger partial charge on any atom is -0.465 e. The van der Waals surface area contributed by atoms with Gasteiger partial charge < -0.3 is 10.4 Å². The molecule has 0 saturated heterocycles. The van der Waals surface area contributed by atoms with E-state index in [2.05, 4.69) is 4.98 Å². The third-order valence-electron chi connectivity index (χ3n) is 1.58. The number of nitrogens with one attached hydrogen (secondary N) is 1. The van der Waals surface area contributed by atoms with E-state index in [1.165, 1.54) is 17.4 Å². The molecule has 0 aliphatic rings. The van der Waals surface area contributed by atoms with Crippen molar-refractivity contribution in [1.29, 1.82) is 0 Å². The van der Waals surface area contributed by atoms with E-state index in [4.69, 9.17) is 5.11 Å². The van der Waals surface area contributed by atoms with Crippen LogP contribution >= 0.6 is 0 Å². The Hall–Kier alpha value is -1.79. The molecule has 1 amide bonds. The lowest BCUT2D eigenvalue weighted by Crippen LogP contribution is -2.37. The van der Waals surface area contributed by atoms with Crippen molar-refractivity contribution in [2.24, 2.45) is 0 Å². The molecule has 0 fully saturated rings. The first-order valence-electron chi connectivity index (χ1n) is 3.88. The summed E-state index contributed by atoms with van der Waals surface area (Å²) >= 11 is 0. The molecule has 82 valence electrons. The summed E-state index contributed by atoms with van der Waals surface area (Å²) in [7, 11) is 0. The molecule has 0 spiro atoms. The second kappa shape index (κ2) is 4.16. The van der Waals surface area contributed by atoms with Gasteiger partial charge in [0.15, 0.2) is 6.04 Å². The highest BCUT2D eigenvalue weighted by Crippen LogP contribution is 2.31. The molecule has 1 aromatic heterocycles. The molecule has 0 radical (unpaired) electrons. The van der Waals surface area contributed by atoms with Gasteiger partial charge in [-0.05, 0) is 12.1 Å². The minimum absolute atomic E-state index is 0.382. The van der Waals surface area contributed by atoms with E-state index >= 15 is 0 Å². The van der Waals surface area contributed by atoms with Crippen molar-refractivity contribution in [1.82, 2.24) is 10.3 Å². The zero-order valence-electron chi connectivity index (χ0n) is 7.32. The van der Waals surface area contributed by atoms with Gasteiger partial charge in [-0.3, -0.25) is 4.98 Å². The summed E-state index contributed by atoms with van der Waals surface area (Å²) < 4.78 is 37.2. The van der Waals surface area contributed by atoms with Gasteiger partial charge in [0.2, 0.25) is 0 Å². The SMILES string of the molecule is O=C(O)NC(c1ccccn1)C(F)(F)F. The molecule has 0 saturated carbocycles. The predicted molar refractivity (Wildman–Crippen MR) is 44.2 cm³/mol. The lowest BCUT2D eigenvalue weighted by Gasteiger charge is -2.19. The Balaban J connectivity index is 2.97. The molecule has 0 aliphatic heterocycles. The van der Waals surface area contributed by atoms with Gasteiger partial charge >= 0.3 is 12.3 Å². The number of hydrogen-bond donors (Lipinski definition) is 2. The molecule has 0 bridgehead atoms. The second-order valence-electron chi connectivity index (χ2n) is 2.68. The molecule has 1 unspecified atom stereocenters. The van der Waals surface area contributed by atoms with Crippen LogP contribution in [-0.2, 0) is 0 Å². The molecule has 4 nitrogen and oxygen atoms in total. The van der Waals surface area contributed by atoms with Gasteiger partial charge in [-0.15, -0.1) is 0 Å². The summed E-state index contributed by atoms with van der Waals surface area (Å²) in [5.41, 5.74) is -0.382. The number of alkyl halides is 3. The Morgan fingerprint density at radius 3 is 2.53 bits per heavy atom. The van der Waals surface area contributed by atoms with E-state index in [9.17, 15) is 18.0 Å². The number of rotatable bonds is 2. The fraction of sp³-hybridized carbons (Fsp3) is 0.250. The normalized spacial score (nSPS) is 13.3. The van der Waals surface area contributed by atoms with Crippen molar-refractivity contribution < 1.29 is 23.1 Å². The Labute approximate surface area is 82.7 Å². The van der Waals surface area contributed by atoms with Crippen molar-refractivity contribution >= 4 is 6.09 Å². The molecule has 1 heterocycles. The highest BCUT2D eigenvalue weighted by atomic mass is 19.4. The fourth-order valence-corrected chi connectivity index (χ4v) is 0.994. The van der Waals surface area contributed by atoms with Crippen LogP contribution in [0.2, 0.25) is 0 Å². The van der Waals surface area contributed by atoms with Crippen molar-refractivity contribution in [2.75, 3.05) is 0 Å². The first-order valence-corrected chi connectivity index (χ1v) is 3.88. The highest BCUT2D eigenvalue weighted by Gasteiger charge is 2.42. The van der Waals surface area contributed by atoms with Crippen LogP contribution in [0.4, 0.5) is 18.0 Å². The Bertz CT molecular complexity index is 339. The number of halogens is 3. The molecule has 2 N–H and O–H groups in total. The van der Waals surface area contributed by atoms with Crippen molar-refractivity contribution in [3.63, 3.8) is 0 Å². The van der Waals surface area contributed by atoms with Gasteiger partial charge in [-0.2, -0.15) is 13.2 Å². The number of hydrogen-bond acceptors (Lipinski definition) is 2. The number of pyridine rings is 1. The molecule has 1 rings (SSSR count). The smallest absolute Gasteiger partial charge is 0.414 e. The molecular weight excluding hydrogens is 213 g/mol. The van der Waals surface area contributed by atoms with Crippen LogP contribution in [0.1, 0.15) is 11.7 Å². The topological polar surface area (TPSA) is 62.2 Å². The van der Waals surface area contributed by atoms with Crippen LogP contribution in [-0.4, -0.2) is 22.4 Å². The number of carboxylic acid groups (broad SMARTS) is 1. The van der Waals surface area contributed by atoms with E-state index in [1.807, 2.05) is 0 Å². The Morgan fingerprint density at radius 1 is 1.47 bits per heavy atom. The van der Waals surface area contributed by atoms with E-state index in [0.717, 1.165) is 12.3 Å². The number of carbonyl (C=O) groups is 1. The summed E-state index contributed by atoms with van der Waals surface area (Å²) in [6, 6.07) is 1.60. The lowest BCUT2D eigenvalue weighted by molar-refractivity contribution is -0.156. The van der Waals surface area contributed by atoms with Crippen LogP contribution in [0.25, 0.3) is 0 Å². The maximum absolute atomic E-state index is 12.4. The Kier molecular flexibility index (Phi) is 3.13. The van der Waals surface area contributed by atoms with E-state index in [-0.39, 0.29) is 5.69 Å². The third-order valence-corrected chi connectivity index (χ3v) is 1.58. The molecule has 1 atom stereocenters. The summed E-state index contributed by atoms with van der Waals surface area (Å²) in [4.78, 5) is 13.6. The van der Waals surface area contributed by atoms with E-state index < -0.39 is 18.3 Å². The van der Waals surface area contributed by atoms with Gasteiger partial charge in [0, 0.05) is 6.20 Å². The summed E-state index contributed by atoms with van der Waals surface area (Å²) in [5, 5.41) is 9.63. The molecule has 15 heavy (non-hydrogen) atoms. The maximum Gasteiger partial charge on any atom is 0.414 e. The standard InChI is InChI=1S/C8H7F3N2O2/c9-8(10,11)6(13-7(14)15)5-3-1-2-4-12-5/h1-4,6,13H,(H,14,15). The van der Waals surface area contributed by atoms with Gasteiger partial charge in [0.1, 0.15) is 0 Å². The quantitative estimate of drug-likeness (QED) is 0.800. The van der Waals surface area contributed by atoms with Gasteiger partial charge in [0.05, 0.1) is 5.69 Å². The number of nitrogens with zero attached hydrogens (tertiary/aromatic N) is 1. The summed E-state index contributed by atoms with van der Waals surface area (Å²) in [5.74, 6) is 0. The van der Waals surface area contributed by atoms with Crippen LogP contribution < -0.4 is 5.32 Å². The predicted octanol–water partition coefficient (Wildman–Crippen LogP) is 1.95. The van der Waals surface area contributed by atoms with Crippen LogP contribution in [0.3, 0.4) is 0 Å².